The lowest BCUT2D eigenvalue weighted by molar-refractivity contribution is -0.151. The van der Waals surface area contributed by atoms with Gasteiger partial charge in [-0.2, -0.15) is 5.10 Å². The largest absolute Gasteiger partial charge is 0.496 e. The normalized spacial score (nSPS) is 13.3. The van der Waals surface area contributed by atoms with Crippen LogP contribution >= 0.6 is 0 Å². The molecule has 2 aromatic rings. The van der Waals surface area contributed by atoms with Crippen LogP contribution in [0.4, 0.5) is 0 Å². The maximum Gasteiger partial charge on any atom is 0.310 e. The van der Waals surface area contributed by atoms with Crippen LogP contribution in [0.5, 0.6) is 5.75 Å². The Balaban J connectivity index is 1.54. The molecule has 0 N–H and O–H groups in total. The van der Waals surface area contributed by atoms with Crippen molar-refractivity contribution >= 4 is 17.6 Å². The third-order valence-electron chi connectivity index (χ3n) is 4.32. The Morgan fingerprint density at radius 2 is 1.93 bits per heavy atom. The molecule has 3 rings (SSSR count). The Bertz CT molecular complexity index is 862. The summed E-state index contributed by atoms with van der Waals surface area (Å²) in [5, 5.41) is 5.71. The van der Waals surface area contributed by atoms with Crippen molar-refractivity contribution in [3.8, 4) is 5.75 Å². The smallest absolute Gasteiger partial charge is 0.310 e. The molecule has 140 valence electrons. The summed E-state index contributed by atoms with van der Waals surface area (Å²) in [5.74, 6) is -0.176. The molecule has 0 aliphatic carbocycles. The predicted octanol–water partition coefficient (Wildman–Crippen LogP) is 2.73. The minimum Gasteiger partial charge on any atom is -0.496 e. The highest BCUT2D eigenvalue weighted by atomic mass is 16.5. The molecule has 2 aromatic carbocycles. The van der Waals surface area contributed by atoms with Gasteiger partial charge in [0.2, 0.25) is 0 Å². The predicted molar refractivity (Wildman–Crippen MR) is 102 cm³/mol. The summed E-state index contributed by atoms with van der Waals surface area (Å²) in [5.41, 5.74) is 3.62. The van der Waals surface area contributed by atoms with Crippen LogP contribution in [-0.4, -0.2) is 42.9 Å². The highest BCUT2D eigenvalue weighted by molar-refractivity contribution is 6.02. The highest BCUT2D eigenvalue weighted by Gasteiger charge is 2.22. The number of esters is 1. The lowest BCUT2D eigenvalue weighted by Crippen LogP contribution is -2.29. The maximum atomic E-state index is 12.3. The Morgan fingerprint density at radius 1 is 1.15 bits per heavy atom. The number of rotatable bonds is 6. The number of carbonyl (C=O) groups excluding carboxylic acids is 2. The second kappa shape index (κ2) is 8.49. The van der Waals surface area contributed by atoms with Crippen molar-refractivity contribution in [2.75, 3.05) is 20.3 Å². The van der Waals surface area contributed by atoms with Crippen LogP contribution in [0.2, 0.25) is 0 Å². The number of nitrogens with zero attached hydrogens (tertiary/aromatic N) is 2. The zero-order valence-electron chi connectivity index (χ0n) is 15.5. The fourth-order valence-electron chi connectivity index (χ4n) is 2.94. The molecular weight excluding hydrogens is 344 g/mol. The molecule has 0 atom stereocenters. The molecule has 0 spiro atoms. The van der Waals surface area contributed by atoms with Gasteiger partial charge in [0.15, 0.2) is 6.61 Å². The quantitative estimate of drug-likeness (QED) is 0.737. The third kappa shape index (κ3) is 4.73. The zero-order chi connectivity index (χ0) is 19.2. The minimum absolute atomic E-state index is 0.0522. The molecule has 0 aromatic heterocycles. The number of ether oxygens (including phenoxy) is 2. The first-order chi connectivity index (χ1) is 13.1. The van der Waals surface area contributed by atoms with Gasteiger partial charge in [-0.25, -0.2) is 5.01 Å². The molecular formula is C21H22N2O4. The van der Waals surface area contributed by atoms with Crippen LogP contribution in [0.1, 0.15) is 23.1 Å². The van der Waals surface area contributed by atoms with Gasteiger partial charge in [-0.05, 0) is 18.6 Å². The molecule has 1 heterocycles. The highest BCUT2D eigenvalue weighted by Crippen LogP contribution is 2.20. The number of carbonyl (C=O) groups is 2. The summed E-state index contributed by atoms with van der Waals surface area (Å²) < 4.78 is 10.4. The standard InChI is InChI=1S/C21H22N2O4/c1-15-8-9-19(26-2)17(12-15)13-21(25)27-14-20(24)23-11-10-18(22-23)16-6-4-3-5-7-16/h3-9,12H,10-11,13-14H2,1-2H3. The SMILES string of the molecule is COc1ccc(C)cc1CC(=O)OCC(=O)N1CCC(c2ccccc2)=N1. The van der Waals surface area contributed by atoms with Crippen molar-refractivity contribution in [2.24, 2.45) is 5.10 Å². The van der Waals surface area contributed by atoms with Gasteiger partial charge in [0.1, 0.15) is 5.75 Å². The average molecular weight is 366 g/mol. The Labute approximate surface area is 158 Å². The molecule has 0 radical (unpaired) electrons. The molecule has 1 aliphatic rings. The monoisotopic (exact) mass is 366 g/mol. The lowest BCUT2D eigenvalue weighted by atomic mass is 10.1. The average Bonchev–Trinajstić information content (AvgIpc) is 3.17. The maximum absolute atomic E-state index is 12.3. The molecule has 0 unspecified atom stereocenters. The Kier molecular flexibility index (Phi) is 5.86. The third-order valence-corrected chi connectivity index (χ3v) is 4.32. The summed E-state index contributed by atoms with van der Waals surface area (Å²) in [4.78, 5) is 24.4. The van der Waals surface area contributed by atoms with Gasteiger partial charge < -0.3 is 9.47 Å². The van der Waals surface area contributed by atoms with Crippen LogP contribution in [-0.2, 0) is 20.7 Å². The number of amides is 1. The molecule has 0 fully saturated rings. The van der Waals surface area contributed by atoms with Gasteiger partial charge in [-0.1, -0.05) is 48.0 Å². The Morgan fingerprint density at radius 3 is 2.67 bits per heavy atom. The summed E-state index contributed by atoms with van der Waals surface area (Å²) in [6.07, 6.45) is 0.737. The van der Waals surface area contributed by atoms with Crippen LogP contribution in [0.15, 0.2) is 53.6 Å². The molecule has 6 nitrogen and oxygen atoms in total. The van der Waals surface area contributed by atoms with E-state index in [1.807, 2.05) is 55.5 Å². The second-order valence-corrected chi connectivity index (χ2v) is 6.33. The number of hydrogen-bond donors (Lipinski definition) is 0. The lowest BCUT2D eigenvalue weighted by Gasteiger charge is -2.12. The number of aryl methyl sites for hydroxylation is 1. The number of methoxy groups -OCH3 is 1. The van der Waals surface area contributed by atoms with E-state index in [4.69, 9.17) is 9.47 Å². The van der Waals surface area contributed by atoms with Crippen molar-refractivity contribution in [3.63, 3.8) is 0 Å². The van der Waals surface area contributed by atoms with Crippen LogP contribution in [0.3, 0.4) is 0 Å². The Hall–Kier alpha value is -3.15. The molecule has 1 aliphatic heterocycles. The topological polar surface area (TPSA) is 68.2 Å². The molecule has 0 bridgehead atoms. The van der Waals surface area contributed by atoms with E-state index in [9.17, 15) is 9.59 Å². The van der Waals surface area contributed by atoms with Gasteiger partial charge in [-0.3, -0.25) is 9.59 Å². The number of benzene rings is 2. The van der Waals surface area contributed by atoms with Crippen molar-refractivity contribution in [3.05, 3.63) is 65.2 Å². The van der Waals surface area contributed by atoms with Gasteiger partial charge in [-0.15, -0.1) is 0 Å². The fourth-order valence-corrected chi connectivity index (χ4v) is 2.94. The van der Waals surface area contributed by atoms with Crippen molar-refractivity contribution < 1.29 is 19.1 Å². The first-order valence-corrected chi connectivity index (χ1v) is 8.79. The van der Waals surface area contributed by atoms with E-state index in [0.29, 0.717) is 18.7 Å². The van der Waals surface area contributed by atoms with E-state index < -0.39 is 5.97 Å². The molecule has 27 heavy (non-hydrogen) atoms. The van der Waals surface area contributed by atoms with E-state index in [0.717, 1.165) is 22.4 Å². The van der Waals surface area contributed by atoms with Crippen molar-refractivity contribution in [1.29, 1.82) is 0 Å². The molecule has 6 heteroatoms. The molecule has 1 amide bonds. The van der Waals surface area contributed by atoms with E-state index in [2.05, 4.69) is 5.10 Å². The summed E-state index contributed by atoms with van der Waals surface area (Å²) in [6, 6.07) is 15.3. The van der Waals surface area contributed by atoms with E-state index >= 15 is 0 Å². The van der Waals surface area contributed by atoms with Gasteiger partial charge in [0.25, 0.3) is 5.91 Å². The molecule has 0 saturated heterocycles. The molecule has 0 saturated carbocycles. The van der Waals surface area contributed by atoms with Crippen molar-refractivity contribution in [2.45, 2.75) is 19.8 Å². The van der Waals surface area contributed by atoms with Crippen LogP contribution in [0, 0.1) is 6.92 Å². The summed E-state index contributed by atoms with van der Waals surface area (Å²) >= 11 is 0. The first-order valence-electron chi connectivity index (χ1n) is 8.79. The fraction of sp³-hybridized carbons (Fsp3) is 0.286. The van der Waals surface area contributed by atoms with E-state index in [1.165, 1.54) is 5.01 Å². The zero-order valence-corrected chi connectivity index (χ0v) is 15.5. The summed E-state index contributed by atoms with van der Waals surface area (Å²) in [7, 11) is 1.55. The van der Waals surface area contributed by atoms with Crippen molar-refractivity contribution in [1.82, 2.24) is 5.01 Å². The van der Waals surface area contributed by atoms with Gasteiger partial charge in [0, 0.05) is 12.0 Å². The van der Waals surface area contributed by atoms with Gasteiger partial charge >= 0.3 is 5.97 Å². The van der Waals surface area contributed by atoms with Gasteiger partial charge in [0.05, 0.1) is 25.8 Å². The number of hydrazone groups is 1. The summed E-state index contributed by atoms with van der Waals surface area (Å²) in [6.45, 7) is 2.11. The second-order valence-electron chi connectivity index (χ2n) is 6.33. The van der Waals surface area contributed by atoms with Crippen LogP contribution < -0.4 is 4.74 Å². The van der Waals surface area contributed by atoms with E-state index in [1.54, 1.807) is 7.11 Å². The van der Waals surface area contributed by atoms with Crippen LogP contribution in [0.25, 0.3) is 0 Å². The number of hydrogen-bond acceptors (Lipinski definition) is 5. The first kappa shape index (κ1) is 18.6. The minimum atomic E-state index is -0.473. The van der Waals surface area contributed by atoms with E-state index in [-0.39, 0.29) is 18.9 Å².